The van der Waals surface area contributed by atoms with Gasteiger partial charge in [-0.3, -0.25) is 9.36 Å². The minimum Gasteiger partial charge on any atom is -0.383 e. The van der Waals surface area contributed by atoms with Crippen molar-refractivity contribution in [1.82, 2.24) is 9.55 Å². The van der Waals surface area contributed by atoms with Gasteiger partial charge >= 0.3 is 0 Å². The van der Waals surface area contributed by atoms with Gasteiger partial charge in [-0.05, 0) is 23.6 Å². The van der Waals surface area contributed by atoms with Gasteiger partial charge in [0.2, 0.25) is 5.91 Å². The standard InChI is InChI=1S/C26H17N5OS2/c27-14-18-24(22-10-5-12-33-22)19(15-28)26(30-25(18)29)34-13-11-23(32)31-20-8-3-1-6-16(20)17-7-2-4-9-21(17)31/h1-10,12H,11,13H2,(H2,29,30). The summed E-state index contributed by atoms with van der Waals surface area (Å²) in [5.74, 6) is 0.459. The summed E-state index contributed by atoms with van der Waals surface area (Å²) in [6.45, 7) is 0. The minimum absolute atomic E-state index is 0.0384. The number of nitrogen functional groups attached to an aromatic ring is 1. The lowest BCUT2D eigenvalue weighted by Crippen LogP contribution is -2.11. The first-order chi connectivity index (χ1) is 16.6. The molecule has 5 aromatic rings. The van der Waals surface area contributed by atoms with Crippen molar-refractivity contribution in [2.75, 3.05) is 11.5 Å². The van der Waals surface area contributed by atoms with Crippen molar-refractivity contribution in [3.8, 4) is 22.6 Å². The molecule has 34 heavy (non-hydrogen) atoms. The zero-order valence-electron chi connectivity index (χ0n) is 17.9. The number of carbonyl (C=O) groups excluding carboxylic acids is 1. The van der Waals surface area contributed by atoms with Crippen LogP contribution in [0.4, 0.5) is 5.82 Å². The van der Waals surface area contributed by atoms with Crippen LogP contribution in [-0.2, 0) is 0 Å². The van der Waals surface area contributed by atoms with E-state index in [0.29, 0.717) is 21.9 Å². The van der Waals surface area contributed by atoms with E-state index >= 15 is 0 Å². The Bertz CT molecular complexity index is 1590. The zero-order valence-corrected chi connectivity index (χ0v) is 19.5. The number of fused-ring (bicyclic) bond motifs is 3. The van der Waals surface area contributed by atoms with Gasteiger partial charge in [0.25, 0.3) is 0 Å². The number of hydrogen-bond acceptors (Lipinski definition) is 7. The number of thiophene rings is 1. The molecular formula is C26H17N5OS2. The highest BCUT2D eigenvalue weighted by molar-refractivity contribution is 7.99. The predicted octanol–water partition coefficient (Wildman–Crippen LogP) is 6.07. The Labute approximate surface area is 203 Å². The average molecular weight is 480 g/mol. The molecule has 0 spiro atoms. The molecular weight excluding hydrogens is 462 g/mol. The molecule has 164 valence electrons. The number of carbonyl (C=O) groups is 1. The fourth-order valence-electron chi connectivity index (χ4n) is 4.11. The normalized spacial score (nSPS) is 10.9. The van der Waals surface area contributed by atoms with Crippen LogP contribution in [0.25, 0.3) is 32.2 Å². The Morgan fingerprint density at radius 1 is 0.971 bits per heavy atom. The molecule has 0 aliphatic rings. The summed E-state index contributed by atoms with van der Waals surface area (Å²) in [6, 6.07) is 23.7. The molecule has 0 fully saturated rings. The van der Waals surface area contributed by atoms with E-state index < -0.39 is 0 Å². The van der Waals surface area contributed by atoms with Crippen molar-refractivity contribution in [2.45, 2.75) is 11.4 Å². The Morgan fingerprint density at radius 2 is 1.62 bits per heavy atom. The third-order valence-electron chi connectivity index (χ3n) is 5.57. The van der Waals surface area contributed by atoms with Crippen molar-refractivity contribution >= 4 is 56.6 Å². The average Bonchev–Trinajstić information content (AvgIpc) is 3.50. The second kappa shape index (κ2) is 9.03. The van der Waals surface area contributed by atoms with Crippen molar-refractivity contribution in [3.63, 3.8) is 0 Å². The van der Waals surface area contributed by atoms with E-state index in [2.05, 4.69) is 17.1 Å². The van der Waals surface area contributed by atoms with Gasteiger partial charge in [0.1, 0.15) is 28.5 Å². The molecule has 0 aliphatic carbocycles. The van der Waals surface area contributed by atoms with Crippen molar-refractivity contribution in [2.24, 2.45) is 0 Å². The molecule has 0 unspecified atom stereocenters. The number of anilines is 1. The number of nitrogens with two attached hydrogens (primary N) is 1. The molecule has 8 heteroatoms. The molecule has 3 heterocycles. The fraction of sp³-hybridized carbons (Fsp3) is 0.0769. The lowest BCUT2D eigenvalue weighted by Gasteiger charge is -2.12. The molecule has 0 saturated heterocycles. The fourth-order valence-corrected chi connectivity index (χ4v) is 5.82. The Balaban J connectivity index is 1.46. The molecule has 2 N–H and O–H groups in total. The molecule has 0 radical (unpaired) electrons. The molecule has 0 bridgehead atoms. The molecule has 5 rings (SSSR count). The van der Waals surface area contributed by atoms with Crippen LogP contribution in [0.2, 0.25) is 0 Å². The van der Waals surface area contributed by atoms with Crippen LogP contribution >= 0.6 is 23.1 Å². The van der Waals surface area contributed by atoms with E-state index in [9.17, 15) is 15.3 Å². The second-order valence-electron chi connectivity index (χ2n) is 7.49. The molecule has 0 amide bonds. The monoisotopic (exact) mass is 479 g/mol. The summed E-state index contributed by atoms with van der Waals surface area (Å²) in [7, 11) is 0. The number of para-hydroxylation sites is 2. The van der Waals surface area contributed by atoms with Crippen molar-refractivity contribution in [1.29, 1.82) is 10.5 Å². The molecule has 0 aliphatic heterocycles. The first kappa shape index (κ1) is 21.7. The number of benzene rings is 2. The van der Waals surface area contributed by atoms with E-state index in [1.807, 2.05) is 66.0 Å². The lowest BCUT2D eigenvalue weighted by atomic mass is 10.0. The summed E-state index contributed by atoms with van der Waals surface area (Å²) in [4.78, 5) is 18.4. The molecule has 0 saturated carbocycles. The van der Waals surface area contributed by atoms with Gasteiger partial charge in [-0.25, -0.2) is 4.98 Å². The van der Waals surface area contributed by atoms with Gasteiger partial charge in [-0.15, -0.1) is 23.1 Å². The number of nitriles is 2. The number of pyridine rings is 1. The summed E-state index contributed by atoms with van der Waals surface area (Å²) in [6.07, 6.45) is 0.244. The first-order valence-electron chi connectivity index (χ1n) is 10.5. The van der Waals surface area contributed by atoms with Crippen LogP contribution in [0.5, 0.6) is 0 Å². The maximum Gasteiger partial charge on any atom is 0.232 e. The Hall–Kier alpha value is -4.11. The van der Waals surface area contributed by atoms with Crippen LogP contribution in [-0.4, -0.2) is 21.2 Å². The molecule has 2 aromatic carbocycles. The highest BCUT2D eigenvalue weighted by atomic mass is 32.2. The maximum atomic E-state index is 13.3. The van der Waals surface area contributed by atoms with Crippen LogP contribution in [0.3, 0.4) is 0 Å². The predicted molar refractivity (Wildman–Crippen MR) is 137 cm³/mol. The van der Waals surface area contributed by atoms with E-state index in [-0.39, 0.29) is 23.7 Å². The Morgan fingerprint density at radius 3 is 2.21 bits per heavy atom. The zero-order chi connectivity index (χ0) is 23.7. The Kier molecular flexibility index (Phi) is 5.77. The third-order valence-corrected chi connectivity index (χ3v) is 7.43. The van der Waals surface area contributed by atoms with Gasteiger partial charge in [0, 0.05) is 33.4 Å². The third kappa shape index (κ3) is 3.60. The van der Waals surface area contributed by atoms with E-state index in [1.165, 1.54) is 23.1 Å². The summed E-state index contributed by atoms with van der Waals surface area (Å²) < 4.78 is 1.76. The van der Waals surface area contributed by atoms with E-state index in [1.54, 1.807) is 4.57 Å². The maximum absolute atomic E-state index is 13.3. The van der Waals surface area contributed by atoms with Gasteiger partial charge in [0.15, 0.2) is 0 Å². The first-order valence-corrected chi connectivity index (χ1v) is 12.3. The molecule has 0 atom stereocenters. The number of hydrogen-bond donors (Lipinski definition) is 1. The number of aromatic nitrogens is 2. The molecule has 6 nitrogen and oxygen atoms in total. The van der Waals surface area contributed by atoms with Crippen LogP contribution < -0.4 is 5.73 Å². The topological polar surface area (TPSA) is 108 Å². The van der Waals surface area contributed by atoms with Crippen LogP contribution in [0, 0.1) is 22.7 Å². The van der Waals surface area contributed by atoms with Crippen molar-refractivity contribution in [3.05, 3.63) is 77.2 Å². The SMILES string of the molecule is N#Cc1c(N)nc(SCCC(=O)n2c3ccccc3c3ccccc32)c(C#N)c1-c1cccs1. The summed E-state index contributed by atoms with van der Waals surface area (Å²) >= 11 is 2.73. The van der Waals surface area contributed by atoms with Gasteiger partial charge in [-0.1, -0.05) is 42.5 Å². The highest BCUT2D eigenvalue weighted by Crippen LogP contribution is 2.38. The number of nitrogens with zero attached hydrogens (tertiary/aromatic N) is 4. The van der Waals surface area contributed by atoms with Crippen LogP contribution in [0.15, 0.2) is 71.1 Å². The number of thioether (sulfide) groups is 1. The quantitative estimate of drug-likeness (QED) is 0.307. The van der Waals surface area contributed by atoms with Gasteiger partial charge in [0.05, 0.1) is 16.6 Å². The van der Waals surface area contributed by atoms with E-state index in [4.69, 9.17) is 5.73 Å². The van der Waals surface area contributed by atoms with Gasteiger partial charge in [-0.2, -0.15) is 10.5 Å². The second-order valence-corrected chi connectivity index (χ2v) is 9.52. The number of rotatable bonds is 5. The largest absolute Gasteiger partial charge is 0.383 e. The highest BCUT2D eigenvalue weighted by Gasteiger charge is 2.22. The van der Waals surface area contributed by atoms with Gasteiger partial charge < -0.3 is 5.73 Å². The minimum atomic E-state index is -0.0384. The summed E-state index contributed by atoms with van der Waals surface area (Å²) in [5.41, 5.74) is 8.83. The van der Waals surface area contributed by atoms with Crippen molar-refractivity contribution < 1.29 is 4.79 Å². The smallest absolute Gasteiger partial charge is 0.232 e. The lowest BCUT2D eigenvalue weighted by molar-refractivity contribution is 0.0920. The van der Waals surface area contributed by atoms with Crippen LogP contribution in [0.1, 0.15) is 22.3 Å². The summed E-state index contributed by atoms with van der Waals surface area (Å²) in [5, 5.41) is 23.9. The van der Waals surface area contributed by atoms with E-state index in [0.717, 1.165) is 26.7 Å². The molecule has 3 aromatic heterocycles.